The molecule has 0 unspecified atom stereocenters. The van der Waals surface area contributed by atoms with Crippen LogP contribution in [-0.2, 0) is 11.3 Å². The van der Waals surface area contributed by atoms with E-state index < -0.39 is 0 Å². The van der Waals surface area contributed by atoms with E-state index >= 15 is 0 Å². The van der Waals surface area contributed by atoms with E-state index in [4.69, 9.17) is 9.47 Å². The summed E-state index contributed by atoms with van der Waals surface area (Å²) < 4.78 is 12.6. The number of carbonyl (C=O) groups excluding carboxylic acids is 1. The number of aromatic nitrogens is 1. The van der Waals surface area contributed by atoms with Crippen molar-refractivity contribution in [3.8, 4) is 11.5 Å². The highest BCUT2D eigenvalue weighted by Gasteiger charge is 2.03. The molecule has 0 aliphatic heterocycles. The van der Waals surface area contributed by atoms with Crippen LogP contribution in [0.2, 0.25) is 0 Å². The fourth-order valence-corrected chi connectivity index (χ4v) is 1.90. The zero-order valence-corrected chi connectivity index (χ0v) is 12.1. The molecule has 112 valence electrons. The van der Waals surface area contributed by atoms with Gasteiger partial charge < -0.3 is 19.4 Å². The van der Waals surface area contributed by atoms with Crippen LogP contribution in [0.1, 0.15) is 6.42 Å². The van der Waals surface area contributed by atoms with Gasteiger partial charge in [-0.25, -0.2) is 0 Å². The summed E-state index contributed by atoms with van der Waals surface area (Å²) in [7, 11) is 1.59. The maximum absolute atomic E-state index is 11.7. The van der Waals surface area contributed by atoms with E-state index in [1.54, 1.807) is 19.2 Å². The second kappa shape index (κ2) is 7.99. The molecule has 0 fully saturated rings. The number of nitrogens with one attached hydrogen (secondary N) is 1. The fraction of sp³-hybridized carbons (Fsp3) is 0.312. The maximum Gasteiger partial charge on any atom is 0.257 e. The van der Waals surface area contributed by atoms with Gasteiger partial charge in [0.15, 0.2) is 6.61 Å². The Labute approximate surface area is 124 Å². The van der Waals surface area contributed by atoms with Crippen LogP contribution in [0.25, 0.3) is 0 Å². The third-order valence-corrected chi connectivity index (χ3v) is 2.99. The first-order valence-electron chi connectivity index (χ1n) is 6.92. The zero-order chi connectivity index (χ0) is 14.9. The first-order valence-corrected chi connectivity index (χ1v) is 6.92. The molecule has 0 radical (unpaired) electrons. The highest BCUT2D eigenvalue weighted by molar-refractivity contribution is 5.77. The number of ether oxygens (including phenoxy) is 2. The van der Waals surface area contributed by atoms with E-state index in [9.17, 15) is 4.79 Å². The van der Waals surface area contributed by atoms with E-state index in [1.807, 2.05) is 36.7 Å². The fourth-order valence-electron chi connectivity index (χ4n) is 1.90. The summed E-state index contributed by atoms with van der Waals surface area (Å²) in [5.41, 5.74) is 0. The molecular formula is C16H20N2O3. The highest BCUT2D eigenvalue weighted by Crippen LogP contribution is 2.18. The van der Waals surface area contributed by atoms with Crippen LogP contribution in [0.15, 0.2) is 48.8 Å². The number of benzene rings is 1. The number of hydrogen-bond donors (Lipinski definition) is 1. The molecule has 1 amide bonds. The van der Waals surface area contributed by atoms with Crippen LogP contribution in [0.5, 0.6) is 11.5 Å². The van der Waals surface area contributed by atoms with Gasteiger partial charge in [-0.15, -0.1) is 0 Å². The lowest BCUT2D eigenvalue weighted by molar-refractivity contribution is -0.123. The van der Waals surface area contributed by atoms with Crippen LogP contribution in [-0.4, -0.2) is 30.7 Å². The molecule has 0 atom stereocenters. The van der Waals surface area contributed by atoms with Gasteiger partial charge in [0, 0.05) is 31.5 Å². The number of methoxy groups -OCH3 is 1. The normalized spacial score (nSPS) is 10.1. The van der Waals surface area contributed by atoms with Gasteiger partial charge in [-0.2, -0.15) is 0 Å². The monoisotopic (exact) mass is 288 g/mol. The third-order valence-electron chi connectivity index (χ3n) is 2.99. The number of amides is 1. The number of nitrogens with zero attached hydrogens (tertiary/aromatic N) is 1. The summed E-state index contributed by atoms with van der Waals surface area (Å²) in [5, 5.41) is 2.84. The quantitative estimate of drug-likeness (QED) is 0.757. The zero-order valence-electron chi connectivity index (χ0n) is 12.1. The predicted molar refractivity (Wildman–Crippen MR) is 80.5 cm³/mol. The number of hydrogen-bond acceptors (Lipinski definition) is 3. The highest BCUT2D eigenvalue weighted by atomic mass is 16.5. The van der Waals surface area contributed by atoms with Gasteiger partial charge in [-0.3, -0.25) is 4.79 Å². The summed E-state index contributed by atoms with van der Waals surface area (Å²) in [5.74, 6) is 1.21. The summed E-state index contributed by atoms with van der Waals surface area (Å²) >= 11 is 0. The van der Waals surface area contributed by atoms with Crippen LogP contribution in [0, 0.1) is 0 Å². The standard InChI is InChI=1S/C16H20N2O3/c1-20-14-6-4-7-15(12-14)21-13-16(19)17-8-5-11-18-9-2-3-10-18/h2-4,6-7,9-10,12H,5,8,11,13H2,1H3,(H,17,19). The van der Waals surface area contributed by atoms with Crippen molar-refractivity contribution in [1.29, 1.82) is 0 Å². The van der Waals surface area contributed by atoms with Gasteiger partial charge in [-0.05, 0) is 30.7 Å². The molecule has 0 aliphatic carbocycles. The van der Waals surface area contributed by atoms with Crippen molar-refractivity contribution in [3.63, 3.8) is 0 Å². The van der Waals surface area contributed by atoms with E-state index in [0.717, 1.165) is 13.0 Å². The predicted octanol–water partition coefficient (Wildman–Crippen LogP) is 2.08. The average Bonchev–Trinajstić information content (AvgIpc) is 3.03. The van der Waals surface area contributed by atoms with Crippen molar-refractivity contribution in [2.75, 3.05) is 20.3 Å². The molecule has 21 heavy (non-hydrogen) atoms. The minimum atomic E-state index is -0.120. The van der Waals surface area contributed by atoms with Gasteiger partial charge in [-0.1, -0.05) is 6.07 Å². The Kier molecular flexibility index (Phi) is 5.70. The van der Waals surface area contributed by atoms with Gasteiger partial charge in [0.05, 0.1) is 7.11 Å². The van der Waals surface area contributed by atoms with Crippen molar-refractivity contribution >= 4 is 5.91 Å². The summed E-state index contributed by atoms with van der Waals surface area (Å²) in [6.07, 6.45) is 4.90. The molecule has 1 aromatic carbocycles. The number of aryl methyl sites for hydroxylation is 1. The van der Waals surface area contributed by atoms with Crippen molar-refractivity contribution in [2.24, 2.45) is 0 Å². The molecule has 1 aromatic heterocycles. The Hall–Kier alpha value is -2.43. The SMILES string of the molecule is COc1cccc(OCC(=O)NCCCn2cccc2)c1. The second-order valence-electron chi connectivity index (χ2n) is 4.59. The minimum Gasteiger partial charge on any atom is -0.497 e. The second-order valence-corrected chi connectivity index (χ2v) is 4.59. The molecule has 5 nitrogen and oxygen atoms in total. The Morgan fingerprint density at radius 3 is 2.71 bits per heavy atom. The van der Waals surface area contributed by atoms with E-state index in [-0.39, 0.29) is 12.5 Å². The molecule has 1 N–H and O–H groups in total. The summed E-state index contributed by atoms with van der Waals surface area (Å²) in [4.78, 5) is 11.7. The van der Waals surface area contributed by atoms with Crippen LogP contribution in [0.4, 0.5) is 0 Å². The Balaban J connectivity index is 1.62. The van der Waals surface area contributed by atoms with Crippen molar-refractivity contribution < 1.29 is 14.3 Å². The van der Waals surface area contributed by atoms with Gasteiger partial charge in [0.1, 0.15) is 11.5 Å². The topological polar surface area (TPSA) is 52.5 Å². The number of carbonyl (C=O) groups is 1. The average molecular weight is 288 g/mol. The molecule has 2 rings (SSSR count). The first-order chi connectivity index (χ1) is 10.3. The smallest absolute Gasteiger partial charge is 0.257 e. The van der Waals surface area contributed by atoms with Gasteiger partial charge >= 0.3 is 0 Å². The lowest BCUT2D eigenvalue weighted by Gasteiger charge is -2.08. The molecule has 0 saturated heterocycles. The van der Waals surface area contributed by atoms with Gasteiger partial charge in [0.2, 0.25) is 0 Å². The largest absolute Gasteiger partial charge is 0.497 e. The molecule has 5 heteroatoms. The van der Waals surface area contributed by atoms with Gasteiger partial charge in [0.25, 0.3) is 5.91 Å². The molecule has 1 heterocycles. The van der Waals surface area contributed by atoms with Crippen LogP contribution in [0.3, 0.4) is 0 Å². The Morgan fingerprint density at radius 2 is 1.95 bits per heavy atom. The lowest BCUT2D eigenvalue weighted by Crippen LogP contribution is -2.30. The molecule has 0 aliphatic rings. The third kappa shape index (κ3) is 5.22. The van der Waals surface area contributed by atoms with E-state index in [0.29, 0.717) is 18.0 Å². The Bertz CT molecular complexity index is 552. The molecular weight excluding hydrogens is 268 g/mol. The van der Waals surface area contributed by atoms with Crippen LogP contribution >= 0.6 is 0 Å². The molecule has 2 aromatic rings. The molecule has 0 saturated carbocycles. The van der Waals surface area contributed by atoms with E-state index in [2.05, 4.69) is 9.88 Å². The van der Waals surface area contributed by atoms with Crippen molar-refractivity contribution in [2.45, 2.75) is 13.0 Å². The van der Waals surface area contributed by atoms with Crippen molar-refractivity contribution in [1.82, 2.24) is 9.88 Å². The summed E-state index contributed by atoms with van der Waals surface area (Å²) in [6, 6.07) is 11.2. The van der Waals surface area contributed by atoms with Crippen LogP contribution < -0.4 is 14.8 Å². The first kappa shape index (κ1) is 15.0. The summed E-state index contributed by atoms with van der Waals surface area (Å²) in [6.45, 7) is 1.54. The lowest BCUT2D eigenvalue weighted by atomic mass is 10.3. The minimum absolute atomic E-state index is 0.0106. The Morgan fingerprint density at radius 1 is 1.19 bits per heavy atom. The maximum atomic E-state index is 11.7. The molecule has 0 bridgehead atoms. The van der Waals surface area contributed by atoms with E-state index in [1.165, 1.54) is 0 Å². The van der Waals surface area contributed by atoms with Crippen molar-refractivity contribution in [3.05, 3.63) is 48.8 Å². The number of rotatable bonds is 8. The molecule has 0 spiro atoms.